The molecular weight excluding hydrogens is 256 g/mol. The second-order valence-electron chi connectivity index (χ2n) is 4.31. The number of aliphatic imine (C=N–C) groups is 1. The lowest BCUT2D eigenvalue weighted by atomic mass is 10.1. The summed E-state index contributed by atoms with van der Waals surface area (Å²) in [4.78, 5) is 17.0. The number of amides is 1. The van der Waals surface area contributed by atoms with Gasteiger partial charge in [-0.2, -0.15) is 0 Å². The molecule has 0 radical (unpaired) electrons. The van der Waals surface area contributed by atoms with Crippen molar-refractivity contribution in [1.82, 2.24) is 5.32 Å². The molecule has 0 bridgehead atoms. The number of amidine groups is 1. The van der Waals surface area contributed by atoms with E-state index in [2.05, 4.69) is 10.3 Å². The highest BCUT2D eigenvalue weighted by Crippen LogP contribution is 2.22. The van der Waals surface area contributed by atoms with Crippen LogP contribution in [0, 0.1) is 0 Å². The Kier molecular flexibility index (Phi) is 3.45. The molecular formula is C12H13ClN2OS. The Bertz CT molecular complexity index is 468. The number of nitrogens with one attached hydrogen (secondary N) is 1. The number of benzene rings is 1. The number of nitrogens with zero attached hydrogens (tertiary/aromatic N) is 1. The molecule has 0 saturated carbocycles. The van der Waals surface area contributed by atoms with Crippen LogP contribution in [0.4, 0.5) is 0 Å². The van der Waals surface area contributed by atoms with Crippen LogP contribution in [0.1, 0.15) is 13.8 Å². The van der Waals surface area contributed by atoms with Crippen molar-refractivity contribution in [2.24, 2.45) is 4.99 Å². The number of hydrogen-bond donors (Lipinski definition) is 1. The first kappa shape index (κ1) is 12.5. The predicted octanol–water partition coefficient (Wildman–Crippen LogP) is 2.74. The number of rotatable bonds is 3. The molecule has 5 heteroatoms. The smallest absolute Gasteiger partial charge is 0.252 e. The molecule has 1 amide bonds. The molecule has 1 N–H and O–H groups in total. The van der Waals surface area contributed by atoms with Crippen molar-refractivity contribution in [2.45, 2.75) is 24.3 Å². The molecule has 0 atom stereocenters. The van der Waals surface area contributed by atoms with Crippen molar-refractivity contribution < 1.29 is 4.79 Å². The molecule has 2 rings (SSSR count). The van der Waals surface area contributed by atoms with Gasteiger partial charge in [0.25, 0.3) is 5.91 Å². The average molecular weight is 269 g/mol. The van der Waals surface area contributed by atoms with Gasteiger partial charge in [0.1, 0.15) is 11.4 Å². The molecule has 1 heterocycles. The van der Waals surface area contributed by atoms with E-state index in [0.717, 1.165) is 15.8 Å². The van der Waals surface area contributed by atoms with Gasteiger partial charge in [-0.1, -0.05) is 11.6 Å². The lowest BCUT2D eigenvalue weighted by Gasteiger charge is -2.07. The van der Waals surface area contributed by atoms with Gasteiger partial charge in [-0.05, 0) is 38.1 Å². The summed E-state index contributed by atoms with van der Waals surface area (Å²) >= 11 is 7.43. The summed E-state index contributed by atoms with van der Waals surface area (Å²) in [6.45, 7) is 3.62. The van der Waals surface area contributed by atoms with E-state index in [4.69, 9.17) is 11.6 Å². The highest BCUT2D eigenvalue weighted by molar-refractivity contribution is 8.00. The first-order valence-corrected chi connectivity index (χ1v) is 6.62. The third-order valence-corrected chi connectivity index (χ3v) is 3.69. The van der Waals surface area contributed by atoms with E-state index in [9.17, 15) is 4.79 Å². The van der Waals surface area contributed by atoms with Crippen molar-refractivity contribution in [1.29, 1.82) is 0 Å². The van der Waals surface area contributed by atoms with E-state index in [1.54, 1.807) is 11.8 Å². The van der Waals surface area contributed by atoms with Crippen LogP contribution in [-0.4, -0.2) is 23.0 Å². The minimum atomic E-state index is -0.629. The van der Waals surface area contributed by atoms with Crippen LogP contribution in [0.2, 0.25) is 5.02 Å². The van der Waals surface area contributed by atoms with Gasteiger partial charge < -0.3 is 5.32 Å². The van der Waals surface area contributed by atoms with Gasteiger partial charge in [-0.25, -0.2) is 0 Å². The van der Waals surface area contributed by atoms with Crippen molar-refractivity contribution in [3.8, 4) is 0 Å². The Labute approximate surface area is 110 Å². The van der Waals surface area contributed by atoms with Crippen LogP contribution < -0.4 is 5.32 Å². The van der Waals surface area contributed by atoms with Crippen LogP contribution in [0.15, 0.2) is 34.2 Å². The molecule has 1 aromatic carbocycles. The molecule has 0 saturated heterocycles. The topological polar surface area (TPSA) is 41.5 Å². The third kappa shape index (κ3) is 3.01. The maximum Gasteiger partial charge on any atom is 0.252 e. The first-order chi connectivity index (χ1) is 7.97. The van der Waals surface area contributed by atoms with E-state index >= 15 is 0 Å². The van der Waals surface area contributed by atoms with Crippen LogP contribution >= 0.6 is 23.4 Å². The van der Waals surface area contributed by atoms with E-state index in [-0.39, 0.29) is 5.91 Å². The van der Waals surface area contributed by atoms with Gasteiger partial charge in [0.2, 0.25) is 0 Å². The largest absolute Gasteiger partial charge is 0.312 e. The number of carbonyl (C=O) groups is 1. The highest BCUT2D eigenvalue weighted by Gasteiger charge is 2.33. The van der Waals surface area contributed by atoms with Gasteiger partial charge in [0, 0.05) is 9.92 Å². The fourth-order valence-corrected chi connectivity index (χ4v) is 2.35. The van der Waals surface area contributed by atoms with E-state index in [0.29, 0.717) is 5.75 Å². The average Bonchev–Trinajstić information content (AvgIpc) is 2.52. The molecule has 0 spiro atoms. The summed E-state index contributed by atoms with van der Waals surface area (Å²) < 4.78 is 0. The lowest BCUT2D eigenvalue weighted by molar-refractivity contribution is -0.122. The second-order valence-corrected chi connectivity index (χ2v) is 5.80. The van der Waals surface area contributed by atoms with E-state index in [1.165, 1.54) is 0 Å². The number of halogens is 1. The molecule has 3 nitrogen and oxygen atoms in total. The van der Waals surface area contributed by atoms with E-state index in [1.807, 2.05) is 38.1 Å². The fraction of sp³-hybridized carbons (Fsp3) is 0.333. The summed E-state index contributed by atoms with van der Waals surface area (Å²) in [6.07, 6.45) is 0. The predicted molar refractivity (Wildman–Crippen MR) is 71.8 cm³/mol. The van der Waals surface area contributed by atoms with Gasteiger partial charge in [0.15, 0.2) is 0 Å². The Morgan fingerprint density at radius 3 is 2.53 bits per heavy atom. The maximum atomic E-state index is 11.5. The van der Waals surface area contributed by atoms with Crippen molar-refractivity contribution in [3.63, 3.8) is 0 Å². The highest BCUT2D eigenvalue weighted by atomic mass is 35.5. The lowest BCUT2D eigenvalue weighted by Crippen LogP contribution is -2.34. The third-order valence-electron chi connectivity index (χ3n) is 2.42. The summed E-state index contributed by atoms with van der Waals surface area (Å²) in [5, 5.41) is 3.51. The van der Waals surface area contributed by atoms with E-state index < -0.39 is 5.54 Å². The van der Waals surface area contributed by atoms with Gasteiger partial charge >= 0.3 is 0 Å². The molecule has 1 aromatic rings. The number of carbonyl (C=O) groups excluding carboxylic acids is 1. The standard InChI is InChI=1S/C12H13ClN2OS/c1-12(2)11(16)14-10(15-12)7-17-9-5-3-8(13)4-6-9/h3-6H,7H2,1-2H3,(H,14,15,16). The van der Waals surface area contributed by atoms with Gasteiger partial charge in [-0.3, -0.25) is 9.79 Å². The first-order valence-electron chi connectivity index (χ1n) is 5.26. The van der Waals surface area contributed by atoms with Gasteiger partial charge in [0.05, 0.1) is 5.75 Å². The van der Waals surface area contributed by atoms with Crippen LogP contribution in [0.5, 0.6) is 0 Å². The van der Waals surface area contributed by atoms with Crippen molar-refractivity contribution in [2.75, 3.05) is 5.75 Å². The number of thioether (sulfide) groups is 1. The summed E-state index contributed by atoms with van der Waals surface area (Å²) in [6, 6.07) is 7.61. The summed E-state index contributed by atoms with van der Waals surface area (Å²) in [5.74, 6) is 1.36. The molecule has 0 unspecified atom stereocenters. The number of hydrogen-bond acceptors (Lipinski definition) is 3. The maximum absolute atomic E-state index is 11.5. The fourth-order valence-electron chi connectivity index (χ4n) is 1.45. The molecule has 0 aromatic heterocycles. The molecule has 0 fully saturated rings. The summed E-state index contributed by atoms with van der Waals surface area (Å²) in [7, 11) is 0. The monoisotopic (exact) mass is 268 g/mol. The van der Waals surface area contributed by atoms with Crippen LogP contribution in [-0.2, 0) is 4.79 Å². The normalized spacial score (nSPS) is 17.8. The Hall–Kier alpha value is -1.00. The molecule has 17 heavy (non-hydrogen) atoms. The second kappa shape index (κ2) is 4.70. The zero-order valence-corrected chi connectivity index (χ0v) is 11.2. The SMILES string of the molecule is CC1(C)N=C(CSc2ccc(Cl)cc2)NC1=O. The molecule has 0 aliphatic carbocycles. The Morgan fingerprint density at radius 2 is 2.00 bits per heavy atom. The zero-order valence-electron chi connectivity index (χ0n) is 9.66. The Balaban J connectivity index is 1.96. The zero-order chi connectivity index (χ0) is 12.5. The van der Waals surface area contributed by atoms with Crippen LogP contribution in [0.25, 0.3) is 0 Å². The van der Waals surface area contributed by atoms with Crippen molar-refractivity contribution in [3.05, 3.63) is 29.3 Å². The minimum absolute atomic E-state index is 0.0378. The van der Waals surface area contributed by atoms with Gasteiger partial charge in [-0.15, -0.1) is 11.8 Å². The Morgan fingerprint density at radius 1 is 1.35 bits per heavy atom. The quantitative estimate of drug-likeness (QED) is 0.857. The molecule has 1 aliphatic heterocycles. The molecule has 90 valence electrons. The van der Waals surface area contributed by atoms with Crippen molar-refractivity contribution >= 4 is 35.1 Å². The minimum Gasteiger partial charge on any atom is -0.312 e. The molecule has 1 aliphatic rings. The summed E-state index contributed by atoms with van der Waals surface area (Å²) in [5.41, 5.74) is -0.629. The van der Waals surface area contributed by atoms with Crippen LogP contribution in [0.3, 0.4) is 0 Å².